The van der Waals surface area contributed by atoms with E-state index in [1.54, 1.807) is 24.3 Å². The molecule has 9 heteroatoms. The van der Waals surface area contributed by atoms with Crippen LogP contribution in [0.2, 0.25) is 0 Å². The van der Waals surface area contributed by atoms with Gasteiger partial charge in [0, 0.05) is 11.1 Å². The summed E-state index contributed by atoms with van der Waals surface area (Å²) in [4.78, 5) is 43.3. The molecule has 148 valence electrons. The predicted molar refractivity (Wildman–Crippen MR) is 111 cm³/mol. The molecule has 0 radical (unpaired) electrons. The van der Waals surface area contributed by atoms with Crippen LogP contribution < -0.4 is 15.0 Å². The van der Waals surface area contributed by atoms with Crippen LogP contribution in [0.1, 0.15) is 11.1 Å². The number of carboxylic acid groups (broad SMARTS) is 1. The maximum Gasteiger partial charge on any atom is 0.323 e. The molecule has 0 unspecified atom stereocenters. The van der Waals surface area contributed by atoms with E-state index in [0.29, 0.717) is 22.0 Å². The average Bonchev–Trinajstić information content (AvgIpc) is 3.35. The smallest absolute Gasteiger partial charge is 0.323 e. The predicted octanol–water partition coefficient (Wildman–Crippen LogP) is 1.48. The number of nitrogens with zero attached hydrogens (tertiary/aromatic N) is 4. The van der Waals surface area contributed by atoms with Gasteiger partial charge in [0.05, 0.1) is 11.3 Å². The van der Waals surface area contributed by atoms with Crippen molar-refractivity contribution in [1.29, 1.82) is 0 Å². The largest absolute Gasteiger partial charge is 0.480 e. The molecule has 30 heavy (non-hydrogen) atoms. The van der Waals surface area contributed by atoms with Crippen molar-refractivity contribution in [3.63, 3.8) is 0 Å². The number of benzene rings is 2. The van der Waals surface area contributed by atoms with E-state index in [9.17, 15) is 19.5 Å². The summed E-state index contributed by atoms with van der Waals surface area (Å²) >= 11 is 1.07. The highest BCUT2D eigenvalue weighted by atomic mass is 32.1. The molecule has 3 heterocycles. The monoisotopic (exact) mass is 418 g/mol. The zero-order valence-corrected chi connectivity index (χ0v) is 16.5. The Morgan fingerprint density at radius 1 is 1.10 bits per heavy atom. The number of thiazole rings is 1. The molecule has 0 saturated heterocycles. The number of carboxylic acids is 1. The molecule has 0 bridgehead atoms. The van der Waals surface area contributed by atoms with Crippen molar-refractivity contribution in [3.05, 3.63) is 74.5 Å². The van der Waals surface area contributed by atoms with E-state index in [0.717, 1.165) is 22.5 Å². The molecular formula is C21H14N4O4S. The summed E-state index contributed by atoms with van der Waals surface area (Å²) in [5, 5.41) is 13.5. The van der Waals surface area contributed by atoms with Crippen LogP contribution in [0.25, 0.3) is 21.9 Å². The van der Waals surface area contributed by atoms with Gasteiger partial charge >= 0.3 is 5.97 Å². The van der Waals surface area contributed by atoms with Gasteiger partial charge in [0.2, 0.25) is 4.96 Å². The standard InChI is InChI=1S/C21H14N4O4S/c1-11-6-8-12(9-7-11)18-22-21-25(23-18)20(29)17(30-21)16-13-4-2-3-5-14(13)24(19(16)28)10-15(26)27/h2-9H,10H2,1H3,(H,26,27). The second-order valence-corrected chi connectivity index (χ2v) is 7.89. The highest BCUT2D eigenvalue weighted by Crippen LogP contribution is 2.35. The minimum absolute atomic E-state index is 0.186. The number of aromatic nitrogens is 3. The number of carbonyl (C=O) groups is 2. The van der Waals surface area contributed by atoms with Crippen LogP contribution >= 0.6 is 11.3 Å². The van der Waals surface area contributed by atoms with Crippen LogP contribution in [0.15, 0.2) is 53.3 Å². The molecule has 1 N–H and O–H groups in total. The fourth-order valence-corrected chi connectivity index (χ4v) is 4.50. The minimum Gasteiger partial charge on any atom is -0.480 e. The van der Waals surface area contributed by atoms with Crippen molar-refractivity contribution in [1.82, 2.24) is 14.6 Å². The summed E-state index contributed by atoms with van der Waals surface area (Å²) in [6.45, 7) is 1.50. The third-order valence-corrected chi connectivity index (χ3v) is 5.94. The van der Waals surface area contributed by atoms with E-state index < -0.39 is 24.0 Å². The van der Waals surface area contributed by atoms with Crippen LogP contribution in [0.3, 0.4) is 0 Å². The maximum absolute atomic E-state index is 13.1. The molecule has 8 nitrogen and oxygen atoms in total. The number of anilines is 1. The van der Waals surface area contributed by atoms with E-state index in [-0.39, 0.29) is 10.1 Å². The number of hydrogen-bond donors (Lipinski definition) is 1. The SMILES string of the molecule is Cc1ccc(-c2nc3sc(=C4C(=O)N(CC(=O)O)c5ccccc54)c(=O)n3n2)cc1. The number of carbonyl (C=O) groups excluding carboxylic acids is 1. The molecule has 0 aliphatic carbocycles. The van der Waals surface area contributed by atoms with Crippen molar-refractivity contribution in [2.75, 3.05) is 11.4 Å². The molecule has 1 aliphatic heterocycles. The van der Waals surface area contributed by atoms with E-state index in [1.807, 2.05) is 31.2 Å². The Kier molecular flexibility index (Phi) is 4.00. The Hall–Kier alpha value is -3.85. The van der Waals surface area contributed by atoms with Gasteiger partial charge in [-0.05, 0) is 13.0 Å². The summed E-state index contributed by atoms with van der Waals surface area (Å²) in [6, 6.07) is 14.5. The first kappa shape index (κ1) is 18.2. The molecule has 1 aliphatic rings. The molecule has 0 saturated carbocycles. The van der Waals surface area contributed by atoms with E-state index in [4.69, 9.17) is 0 Å². The fourth-order valence-electron chi connectivity index (χ4n) is 3.50. The number of hydrogen-bond acceptors (Lipinski definition) is 6. The highest BCUT2D eigenvalue weighted by molar-refractivity contribution is 7.15. The molecule has 0 spiro atoms. The van der Waals surface area contributed by atoms with Gasteiger partial charge in [0.25, 0.3) is 11.5 Å². The lowest BCUT2D eigenvalue weighted by Crippen LogP contribution is -2.35. The summed E-state index contributed by atoms with van der Waals surface area (Å²) in [6.07, 6.45) is 0. The number of fused-ring (bicyclic) bond motifs is 2. The lowest BCUT2D eigenvalue weighted by molar-refractivity contribution is -0.136. The van der Waals surface area contributed by atoms with Gasteiger partial charge in [-0.3, -0.25) is 19.3 Å². The van der Waals surface area contributed by atoms with E-state index in [2.05, 4.69) is 10.1 Å². The lowest BCUT2D eigenvalue weighted by atomic mass is 10.1. The molecule has 2 aromatic heterocycles. The first-order valence-electron chi connectivity index (χ1n) is 9.08. The lowest BCUT2D eigenvalue weighted by Gasteiger charge is -2.13. The number of rotatable bonds is 3. The molecule has 0 fully saturated rings. The fraction of sp³-hybridized carbons (Fsp3) is 0.0952. The zero-order chi connectivity index (χ0) is 21.0. The number of para-hydroxylation sites is 1. The molecule has 5 rings (SSSR count). The van der Waals surface area contributed by atoms with Gasteiger partial charge in [-0.2, -0.15) is 9.50 Å². The Labute approximate surface area is 173 Å². The van der Waals surface area contributed by atoms with Gasteiger partial charge in [0.1, 0.15) is 11.1 Å². The van der Waals surface area contributed by atoms with Gasteiger partial charge in [0.15, 0.2) is 5.82 Å². The van der Waals surface area contributed by atoms with Crippen molar-refractivity contribution in [2.24, 2.45) is 0 Å². The zero-order valence-electron chi connectivity index (χ0n) is 15.7. The molecule has 4 aromatic rings. The Balaban J connectivity index is 1.70. The van der Waals surface area contributed by atoms with Gasteiger partial charge in [-0.1, -0.05) is 59.4 Å². The number of amides is 1. The molecule has 0 atom stereocenters. The first-order chi connectivity index (χ1) is 14.4. The number of aryl methyl sites for hydroxylation is 1. The van der Waals surface area contributed by atoms with Crippen LogP contribution in [0, 0.1) is 6.92 Å². The third-order valence-electron chi connectivity index (χ3n) is 4.91. The summed E-state index contributed by atoms with van der Waals surface area (Å²) in [5.74, 6) is -1.22. The van der Waals surface area contributed by atoms with Crippen LogP contribution in [0.4, 0.5) is 5.69 Å². The topological polar surface area (TPSA) is 105 Å². The van der Waals surface area contributed by atoms with Crippen molar-refractivity contribution in [3.8, 4) is 11.4 Å². The molecule has 1 amide bonds. The second-order valence-electron chi connectivity index (χ2n) is 6.91. The summed E-state index contributed by atoms with van der Waals surface area (Å²) < 4.78 is 1.39. The minimum atomic E-state index is -1.13. The normalized spacial score (nSPS) is 15.1. The van der Waals surface area contributed by atoms with Crippen LogP contribution in [-0.4, -0.2) is 38.1 Å². The van der Waals surface area contributed by atoms with E-state index >= 15 is 0 Å². The summed E-state index contributed by atoms with van der Waals surface area (Å²) in [5.41, 5.74) is 2.64. The molecule has 2 aromatic carbocycles. The van der Waals surface area contributed by atoms with Gasteiger partial charge in [-0.15, -0.1) is 5.10 Å². The number of aliphatic carboxylic acids is 1. The average molecular weight is 418 g/mol. The first-order valence-corrected chi connectivity index (χ1v) is 9.89. The Bertz CT molecular complexity index is 1450. The van der Waals surface area contributed by atoms with E-state index in [1.165, 1.54) is 9.42 Å². The van der Waals surface area contributed by atoms with Crippen molar-refractivity contribution < 1.29 is 14.7 Å². The highest BCUT2D eigenvalue weighted by Gasteiger charge is 2.35. The van der Waals surface area contributed by atoms with Gasteiger partial charge < -0.3 is 5.11 Å². The summed E-state index contributed by atoms with van der Waals surface area (Å²) in [7, 11) is 0. The Morgan fingerprint density at radius 3 is 2.53 bits per heavy atom. The molecular weight excluding hydrogens is 404 g/mol. The second kappa shape index (κ2) is 6.60. The van der Waals surface area contributed by atoms with Gasteiger partial charge in [-0.25, -0.2) is 0 Å². The quantitative estimate of drug-likeness (QED) is 0.540. The van der Waals surface area contributed by atoms with Crippen LogP contribution in [-0.2, 0) is 9.59 Å². The van der Waals surface area contributed by atoms with Crippen LogP contribution in [0.5, 0.6) is 0 Å². The maximum atomic E-state index is 13.1. The Morgan fingerprint density at radius 2 is 1.83 bits per heavy atom. The third kappa shape index (κ3) is 2.71. The van der Waals surface area contributed by atoms with Crippen molar-refractivity contribution in [2.45, 2.75) is 6.92 Å². The van der Waals surface area contributed by atoms with Crippen molar-refractivity contribution >= 4 is 39.4 Å².